The molecule has 28 heavy (non-hydrogen) atoms. The number of benzene rings is 1. The van der Waals surface area contributed by atoms with Gasteiger partial charge in [0.1, 0.15) is 16.2 Å². The zero-order valence-corrected chi connectivity index (χ0v) is 16.8. The highest BCUT2D eigenvalue weighted by Gasteiger charge is 2.18. The van der Waals surface area contributed by atoms with Gasteiger partial charge in [-0.2, -0.15) is 0 Å². The molecule has 1 amide bonds. The van der Waals surface area contributed by atoms with E-state index in [2.05, 4.69) is 15.5 Å². The Kier molecular flexibility index (Phi) is 4.50. The summed E-state index contributed by atoms with van der Waals surface area (Å²) in [6.07, 6.45) is 1.57. The van der Waals surface area contributed by atoms with Crippen LogP contribution in [0.4, 0.5) is 5.13 Å². The maximum atomic E-state index is 12.5. The summed E-state index contributed by atoms with van der Waals surface area (Å²) in [6, 6.07) is 3.65. The molecule has 0 fully saturated rings. The summed E-state index contributed by atoms with van der Waals surface area (Å²) in [5.41, 5.74) is 2.64. The van der Waals surface area contributed by atoms with E-state index >= 15 is 0 Å². The van der Waals surface area contributed by atoms with Crippen molar-refractivity contribution in [1.82, 2.24) is 10.2 Å². The minimum Gasteiger partial charge on any atom is -0.464 e. The summed E-state index contributed by atoms with van der Waals surface area (Å²) < 4.78 is 10.9. The molecule has 144 valence electrons. The summed E-state index contributed by atoms with van der Waals surface area (Å²) in [4.78, 5) is 24.9. The molecule has 0 aliphatic rings. The highest BCUT2D eigenvalue weighted by atomic mass is 32.1. The molecule has 0 spiro atoms. The van der Waals surface area contributed by atoms with Gasteiger partial charge < -0.3 is 14.2 Å². The number of hydrogen-bond acceptors (Lipinski definition) is 7. The summed E-state index contributed by atoms with van der Waals surface area (Å²) in [5.74, 6) is -0.0945. The van der Waals surface area contributed by atoms with Gasteiger partial charge in [-0.3, -0.25) is 4.79 Å². The molecule has 0 aliphatic carbocycles. The maximum absolute atomic E-state index is 12.5. The van der Waals surface area contributed by atoms with Gasteiger partial charge in [0.05, 0.1) is 18.2 Å². The molecule has 1 aromatic carbocycles. The van der Waals surface area contributed by atoms with Crippen LogP contribution in [0.15, 0.2) is 32.0 Å². The van der Waals surface area contributed by atoms with Crippen molar-refractivity contribution in [2.45, 2.75) is 40.0 Å². The van der Waals surface area contributed by atoms with Crippen LogP contribution in [0.3, 0.4) is 0 Å². The van der Waals surface area contributed by atoms with Gasteiger partial charge >= 0.3 is 5.63 Å². The number of fused-ring (bicyclic) bond motifs is 2. The zero-order valence-electron chi connectivity index (χ0n) is 16.0. The van der Waals surface area contributed by atoms with Gasteiger partial charge in [0.15, 0.2) is 0 Å². The lowest BCUT2D eigenvalue weighted by molar-refractivity contribution is -0.115. The van der Waals surface area contributed by atoms with Gasteiger partial charge in [-0.1, -0.05) is 25.2 Å². The molecule has 4 aromatic rings. The predicted molar refractivity (Wildman–Crippen MR) is 108 cm³/mol. The van der Waals surface area contributed by atoms with E-state index in [0.29, 0.717) is 21.9 Å². The molecule has 0 radical (unpaired) electrons. The Morgan fingerprint density at radius 1 is 1.18 bits per heavy atom. The van der Waals surface area contributed by atoms with Crippen molar-refractivity contribution in [1.29, 1.82) is 0 Å². The molecule has 0 aliphatic heterocycles. The Morgan fingerprint density at radius 2 is 1.96 bits per heavy atom. The third kappa shape index (κ3) is 3.20. The first-order chi connectivity index (χ1) is 13.3. The molecule has 4 rings (SSSR count). The predicted octanol–water partition coefficient (Wildman–Crippen LogP) is 4.31. The quantitative estimate of drug-likeness (QED) is 0.515. The fraction of sp³-hybridized carbons (Fsp3) is 0.300. The van der Waals surface area contributed by atoms with Crippen LogP contribution < -0.4 is 10.9 Å². The normalized spacial score (nSPS) is 11.6. The molecule has 7 nitrogen and oxygen atoms in total. The fourth-order valence-electron chi connectivity index (χ4n) is 3.08. The molecule has 0 saturated heterocycles. The van der Waals surface area contributed by atoms with Gasteiger partial charge in [0.2, 0.25) is 11.0 Å². The van der Waals surface area contributed by atoms with E-state index in [0.717, 1.165) is 26.9 Å². The number of aryl methyl sites for hydroxylation is 2. The first-order valence-electron chi connectivity index (χ1n) is 8.91. The van der Waals surface area contributed by atoms with Gasteiger partial charge in [-0.05, 0) is 31.0 Å². The van der Waals surface area contributed by atoms with E-state index in [9.17, 15) is 9.59 Å². The average Bonchev–Trinajstić information content (AvgIpc) is 3.24. The third-order valence-electron chi connectivity index (χ3n) is 4.69. The molecule has 0 bridgehead atoms. The number of nitrogens with zero attached hydrogens (tertiary/aromatic N) is 2. The van der Waals surface area contributed by atoms with Gasteiger partial charge in [0, 0.05) is 22.8 Å². The SMILES string of the molecule is Cc1coc2cc3oc(=O)c(CC(=O)Nc4nnc(C(C)C)s4)c(C)c3cc12. The Bertz CT molecular complexity index is 1270. The highest BCUT2D eigenvalue weighted by molar-refractivity contribution is 7.15. The van der Waals surface area contributed by atoms with E-state index in [1.807, 2.05) is 33.8 Å². The third-order valence-corrected chi connectivity index (χ3v) is 5.83. The smallest absolute Gasteiger partial charge is 0.340 e. The molecular weight excluding hydrogens is 378 g/mol. The number of carbonyl (C=O) groups excluding carboxylic acids is 1. The zero-order chi connectivity index (χ0) is 20.0. The van der Waals surface area contributed by atoms with E-state index in [1.54, 1.807) is 12.3 Å². The van der Waals surface area contributed by atoms with Gasteiger partial charge in [0.25, 0.3) is 0 Å². The molecule has 1 N–H and O–H groups in total. The van der Waals surface area contributed by atoms with E-state index in [1.165, 1.54) is 11.3 Å². The summed E-state index contributed by atoms with van der Waals surface area (Å²) in [5, 5.41) is 13.7. The van der Waals surface area contributed by atoms with E-state index in [-0.39, 0.29) is 18.2 Å². The highest BCUT2D eigenvalue weighted by Crippen LogP contribution is 2.29. The largest absolute Gasteiger partial charge is 0.464 e. The molecule has 3 heterocycles. The average molecular weight is 397 g/mol. The number of aromatic nitrogens is 2. The van der Waals surface area contributed by atoms with Crippen molar-refractivity contribution in [2.75, 3.05) is 5.32 Å². The number of nitrogens with one attached hydrogen (secondary N) is 1. The van der Waals surface area contributed by atoms with Crippen LogP contribution in [0, 0.1) is 13.8 Å². The Balaban J connectivity index is 1.67. The van der Waals surface area contributed by atoms with Crippen LogP contribution in [0.5, 0.6) is 0 Å². The fourth-order valence-corrected chi connectivity index (χ4v) is 3.85. The number of hydrogen-bond donors (Lipinski definition) is 1. The minimum atomic E-state index is -0.525. The Labute approximate surface area is 164 Å². The van der Waals surface area contributed by atoms with E-state index in [4.69, 9.17) is 8.83 Å². The van der Waals surface area contributed by atoms with Crippen molar-refractivity contribution in [3.63, 3.8) is 0 Å². The van der Waals surface area contributed by atoms with Gasteiger partial charge in [-0.15, -0.1) is 10.2 Å². The number of anilines is 1. The van der Waals surface area contributed by atoms with Gasteiger partial charge in [-0.25, -0.2) is 4.79 Å². The second-order valence-corrected chi connectivity index (χ2v) is 8.09. The molecule has 0 unspecified atom stereocenters. The van der Waals surface area contributed by atoms with Crippen molar-refractivity contribution < 1.29 is 13.6 Å². The van der Waals surface area contributed by atoms with Crippen LogP contribution >= 0.6 is 11.3 Å². The number of rotatable bonds is 4. The van der Waals surface area contributed by atoms with Crippen LogP contribution in [0.1, 0.15) is 41.5 Å². The van der Waals surface area contributed by atoms with Crippen LogP contribution in [-0.4, -0.2) is 16.1 Å². The Hall–Kier alpha value is -3.00. The molecular formula is C20H19N3O4S. The van der Waals surface area contributed by atoms with Crippen molar-refractivity contribution in [2.24, 2.45) is 0 Å². The minimum absolute atomic E-state index is 0.0941. The second kappa shape index (κ2) is 6.87. The monoisotopic (exact) mass is 397 g/mol. The van der Waals surface area contributed by atoms with Crippen LogP contribution in [0.25, 0.3) is 21.9 Å². The van der Waals surface area contributed by atoms with Crippen molar-refractivity contribution in [3.8, 4) is 0 Å². The number of amides is 1. The topological polar surface area (TPSA) is 98.2 Å². The summed E-state index contributed by atoms with van der Waals surface area (Å²) in [6.45, 7) is 7.79. The van der Waals surface area contributed by atoms with Crippen LogP contribution in [-0.2, 0) is 11.2 Å². The Morgan fingerprint density at radius 3 is 2.68 bits per heavy atom. The number of carbonyl (C=O) groups is 1. The van der Waals surface area contributed by atoms with Crippen LogP contribution in [0.2, 0.25) is 0 Å². The van der Waals surface area contributed by atoms with Crippen molar-refractivity contribution >= 4 is 44.3 Å². The second-order valence-electron chi connectivity index (χ2n) is 7.08. The summed E-state index contributed by atoms with van der Waals surface area (Å²) >= 11 is 1.33. The number of furan rings is 1. The molecule has 8 heteroatoms. The molecule has 0 saturated carbocycles. The summed E-state index contributed by atoms with van der Waals surface area (Å²) in [7, 11) is 0. The lowest BCUT2D eigenvalue weighted by Gasteiger charge is -2.08. The molecule has 0 atom stereocenters. The standard InChI is InChI=1S/C20H19N3O4S/c1-9(2)18-22-23-20(28-18)21-17(24)6-14-11(4)13-5-12-10(3)8-26-15(12)7-16(13)27-19(14)25/h5,7-9H,6H2,1-4H3,(H,21,23,24). The lowest BCUT2D eigenvalue weighted by Crippen LogP contribution is -2.20. The molecule has 3 aromatic heterocycles. The van der Waals surface area contributed by atoms with Crippen molar-refractivity contribution in [3.05, 3.63) is 50.5 Å². The first kappa shape index (κ1) is 18.4. The van der Waals surface area contributed by atoms with E-state index < -0.39 is 5.63 Å². The lowest BCUT2D eigenvalue weighted by atomic mass is 10.0. The first-order valence-corrected chi connectivity index (χ1v) is 9.72. The maximum Gasteiger partial charge on any atom is 0.340 e.